The molecule has 2 aromatic rings. The van der Waals surface area contributed by atoms with Crippen molar-refractivity contribution in [3.8, 4) is 5.75 Å². The van der Waals surface area contributed by atoms with Gasteiger partial charge in [0.25, 0.3) is 5.91 Å². The van der Waals surface area contributed by atoms with Crippen LogP contribution in [0.4, 0.5) is 0 Å². The number of carbonyl (C=O) groups is 1. The highest BCUT2D eigenvalue weighted by molar-refractivity contribution is 6.32. The fraction of sp³-hybridized carbons (Fsp3) is 0.278. The highest BCUT2D eigenvalue weighted by Crippen LogP contribution is 2.25. The number of methoxy groups -OCH3 is 1. The summed E-state index contributed by atoms with van der Waals surface area (Å²) in [4.78, 5) is 12.4. The predicted octanol–water partition coefficient (Wildman–Crippen LogP) is 4.10. The molecule has 0 bridgehead atoms. The first kappa shape index (κ1) is 16.4. The quantitative estimate of drug-likeness (QED) is 0.901. The Balaban J connectivity index is 2.08. The highest BCUT2D eigenvalue weighted by atomic mass is 35.5. The van der Waals surface area contributed by atoms with Crippen molar-refractivity contribution in [1.82, 2.24) is 5.32 Å². The number of carbonyl (C=O) groups excluding carboxylic acids is 1. The smallest absolute Gasteiger partial charge is 0.251 e. The van der Waals surface area contributed by atoms with Crippen molar-refractivity contribution < 1.29 is 9.53 Å². The van der Waals surface area contributed by atoms with Crippen LogP contribution in [0.3, 0.4) is 0 Å². The maximum atomic E-state index is 12.4. The second-order valence-electron chi connectivity index (χ2n) is 5.85. The Kier molecular flexibility index (Phi) is 5.09. The van der Waals surface area contributed by atoms with Crippen molar-refractivity contribution >= 4 is 17.5 Å². The molecule has 22 heavy (non-hydrogen) atoms. The number of ether oxygens (including phenoxy) is 1. The molecule has 0 aliphatic carbocycles. The molecule has 3 nitrogen and oxygen atoms in total. The molecule has 0 saturated carbocycles. The molecular weight excluding hydrogens is 298 g/mol. The van der Waals surface area contributed by atoms with Crippen molar-refractivity contribution in [3.05, 3.63) is 64.7 Å². The summed E-state index contributed by atoms with van der Waals surface area (Å²) in [6, 6.07) is 15.1. The molecule has 2 rings (SSSR count). The summed E-state index contributed by atoms with van der Waals surface area (Å²) in [6.07, 6.45) is 0.753. The van der Waals surface area contributed by atoms with Gasteiger partial charge in [0.1, 0.15) is 5.75 Å². The number of hydrogen-bond donors (Lipinski definition) is 1. The molecule has 0 heterocycles. The van der Waals surface area contributed by atoms with Crippen molar-refractivity contribution in [2.75, 3.05) is 7.11 Å². The lowest BCUT2D eigenvalue weighted by molar-refractivity contribution is 0.0913. The van der Waals surface area contributed by atoms with Crippen LogP contribution < -0.4 is 10.1 Å². The molecule has 1 N–H and O–H groups in total. The summed E-state index contributed by atoms with van der Waals surface area (Å²) in [5, 5.41) is 3.47. The van der Waals surface area contributed by atoms with E-state index in [1.807, 2.05) is 32.0 Å². The van der Waals surface area contributed by atoms with Gasteiger partial charge in [-0.05, 0) is 44.0 Å². The van der Waals surface area contributed by atoms with Gasteiger partial charge in [0.2, 0.25) is 0 Å². The largest absolute Gasteiger partial charge is 0.495 e. The van der Waals surface area contributed by atoms with Crippen molar-refractivity contribution in [1.29, 1.82) is 0 Å². The van der Waals surface area contributed by atoms with E-state index in [0.717, 1.165) is 6.42 Å². The standard InChI is InChI=1S/C18H20ClNO2/c1-18(2,12-13-7-5-4-6-8-13)20-17(21)14-9-10-16(22-3)15(19)11-14/h4-11H,12H2,1-3H3,(H,20,21). The van der Waals surface area contributed by atoms with Crippen LogP contribution in [-0.2, 0) is 6.42 Å². The summed E-state index contributed by atoms with van der Waals surface area (Å²) in [5.74, 6) is 0.409. The molecule has 0 radical (unpaired) electrons. The molecule has 0 unspecified atom stereocenters. The van der Waals surface area contributed by atoms with Gasteiger partial charge in [0.05, 0.1) is 12.1 Å². The minimum atomic E-state index is -0.356. The number of nitrogens with one attached hydrogen (secondary N) is 1. The van der Waals surface area contributed by atoms with E-state index in [9.17, 15) is 4.79 Å². The molecule has 0 aliphatic heterocycles. The molecule has 0 saturated heterocycles. The summed E-state index contributed by atoms with van der Waals surface area (Å²) >= 11 is 6.07. The lowest BCUT2D eigenvalue weighted by Gasteiger charge is -2.26. The predicted molar refractivity (Wildman–Crippen MR) is 89.7 cm³/mol. The van der Waals surface area contributed by atoms with E-state index in [1.54, 1.807) is 25.3 Å². The van der Waals surface area contributed by atoms with E-state index in [-0.39, 0.29) is 11.4 Å². The number of hydrogen-bond acceptors (Lipinski definition) is 2. The second kappa shape index (κ2) is 6.84. The zero-order valence-electron chi connectivity index (χ0n) is 13.0. The Morgan fingerprint density at radius 3 is 2.45 bits per heavy atom. The molecule has 1 amide bonds. The van der Waals surface area contributed by atoms with E-state index in [2.05, 4.69) is 17.4 Å². The minimum Gasteiger partial charge on any atom is -0.495 e. The fourth-order valence-corrected chi connectivity index (χ4v) is 2.60. The first-order valence-corrected chi connectivity index (χ1v) is 7.49. The summed E-state index contributed by atoms with van der Waals surface area (Å²) < 4.78 is 5.10. The van der Waals surface area contributed by atoms with Gasteiger partial charge in [-0.1, -0.05) is 41.9 Å². The Morgan fingerprint density at radius 1 is 1.18 bits per heavy atom. The average molecular weight is 318 g/mol. The van der Waals surface area contributed by atoms with Crippen molar-refractivity contribution in [3.63, 3.8) is 0 Å². The molecule has 0 aliphatic rings. The van der Waals surface area contributed by atoms with E-state index < -0.39 is 0 Å². The number of halogens is 1. The van der Waals surface area contributed by atoms with Crippen LogP contribution in [0.15, 0.2) is 48.5 Å². The van der Waals surface area contributed by atoms with Crippen molar-refractivity contribution in [2.24, 2.45) is 0 Å². The molecular formula is C18H20ClNO2. The molecule has 0 fully saturated rings. The Morgan fingerprint density at radius 2 is 1.86 bits per heavy atom. The van der Waals surface area contributed by atoms with Gasteiger partial charge in [-0.25, -0.2) is 0 Å². The lowest BCUT2D eigenvalue weighted by atomic mass is 9.94. The van der Waals surface area contributed by atoms with E-state index >= 15 is 0 Å². The molecule has 0 atom stereocenters. The topological polar surface area (TPSA) is 38.3 Å². The molecule has 0 spiro atoms. The van der Waals surface area contributed by atoms with Crippen LogP contribution in [-0.4, -0.2) is 18.6 Å². The number of benzene rings is 2. The third-order valence-corrected chi connectivity index (χ3v) is 3.65. The zero-order valence-corrected chi connectivity index (χ0v) is 13.8. The second-order valence-corrected chi connectivity index (χ2v) is 6.26. The van der Waals surface area contributed by atoms with Gasteiger partial charge in [-0.2, -0.15) is 0 Å². The molecule has 4 heteroatoms. The van der Waals surface area contributed by atoms with Crippen LogP contribution in [0.5, 0.6) is 5.75 Å². The van der Waals surface area contributed by atoms with Gasteiger partial charge < -0.3 is 10.1 Å². The van der Waals surface area contributed by atoms with Crippen LogP contribution >= 0.6 is 11.6 Å². The SMILES string of the molecule is COc1ccc(C(=O)NC(C)(C)Cc2ccccc2)cc1Cl. The maximum absolute atomic E-state index is 12.4. The third kappa shape index (κ3) is 4.25. The Labute approximate surface area is 136 Å². The van der Waals surface area contributed by atoms with Crippen LogP contribution in [0.2, 0.25) is 5.02 Å². The first-order chi connectivity index (χ1) is 10.4. The van der Waals surface area contributed by atoms with Crippen LogP contribution in [0, 0.1) is 0 Å². The Hall–Kier alpha value is -2.00. The van der Waals surface area contributed by atoms with Crippen LogP contribution in [0.1, 0.15) is 29.8 Å². The van der Waals surface area contributed by atoms with E-state index in [0.29, 0.717) is 16.3 Å². The zero-order chi connectivity index (χ0) is 16.2. The van der Waals surface area contributed by atoms with Gasteiger partial charge >= 0.3 is 0 Å². The molecule has 116 valence electrons. The number of amides is 1. The van der Waals surface area contributed by atoms with Gasteiger partial charge in [0, 0.05) is 11.1 Å². The maximum Gasteiger partial charge on any atom is 0.251 e. The summed E-state index contributed by atoms with van der Waals surface area (Å²) in [7, 11) is 1.55. The fourth-order valence-electron chi connectivity index (χ4n) is 2.34. The monoisotopic (exact) mass is 317 g/mol. The van der Waals surface area contributed by atoms with Gasteiger partial charge in [-0.15, -0.1) is 0 Å². The lowest BCUT2D eigenvalue weighted by Crippen LogP contribution is -2.45. The minimum absolute atomic E-state index is 0.148. The average Bonchev–Trinajstić information content (AvgIpc) is 2.47. The van der Waals surface area contributed by atoms with Gasteiger partial charge in [-0.3, -0.25) is 4.79 Å². The van der Waals surface area contributed by atoms with Crippen molar-refractivity contribution in [2.45, 2.75) is 25.8 Å². The first-order valence-electron chi connectivity index (χ1n) is 7.11. The molecule has 0 aromatic heterocycles. The summed E-state index contributed by atoms with van der Waals surface area (Å²) in [6.45, 7) is 4.01. The third-order valence-electron chi connectivity index (χ3n) is 3.35. The van der Waals surface area contributed by atoms with E-state index in [4.69, 9.17) is 16.3 Å². The molecule has 2 aromatic carbocycles. The van der Waals surface area contributed by atoms with Gasteiger partial charge in [0.15, 0.2) is 0 Å². The normalized spacial score (nSPS) is 11.1. The van der Waals surface area contributed by atoms with E-state index in [1.165, 1.54) is 5.56 Å². The van der Waals surface area contributed by atoms with Crippen LogP contribution in [0.25, 0.3) is 0 Å². The summed E-state index contributed by atoms with van der Waals surface area (Å²) in [5.41, 5.74) is 1.35. The Bertz CT molecular complexity index is 653. The highest BCUT2D eigenvalue weighted by Gasteiger charge is 2.22. The number of rotatable bonds is 5.